The summed E-state index contributed by atoms with van der Waals surface area (Å²) in [5, 5.41) is 11.5. The number of hydrogen-bond donors (Lipinski definition) is 2. The van der Waals surface area contributed by atoms with E-state index in [1.165, 1.54) is 0 Å². The molecule has 0 spiro atoms. The van der Waals surface area contributed by atoms with Crippen molar-refractivity contribution >= 4 is 21.8 Å². The minimum Gasteiger partial charge on any atom is -0.508 e. The van der Waals surface area contributed by atoms with E-state index in [4.69, 9.17) is 4.74 Å². The quantitative estimate of drug-likeness (QED) is 0.654. The molecule has 0 bridgehead atoms. The normalized spacial score (nSPS) is 11.1. The SMILES string of the molecule is COc1nccc2c1[nH]c1cc(O)ccc12. The number of aromatic nitrogens is 2. The number of ether oxygens (including phenoxy) is 1. The Hall–Kier alpha value is -2.23. The number of pyridine rings is 1. The Balaban J connectivity index is 2.49. The average molecular weight is 214 g/mol. The number of benzene rings is 1. The van der Waals surface area contributed by atoms with Crippen LogP contribution in [0.1, 0.15) is 0 Å². The number of phenolic OH excluding ortho intramolecular Hbond substituents is 1. The summed E-state index contributed by atoms with van der Waals surface area (Å²) in [4.78, 5) is 7.32. The molecule has 0 aliphatic rings. The third kappa shape index (κ3) is 1.13. The number of phenols is 1. The van der Waals surface area contributed by atoms with Crippen LogP contribution in [0.4, 0.5) is 0 Å². The van der Waals surface area contributed by atoms with Crippen LogP contribution in [-0.2, 0) is 0 Å². The molecule has 0 unspecified atom stereocenters. The number of fused-ring (bicyclic) bond motifs is 3. The van der Waals surface area contributed by atoms with Gasteiger partial charge in [0.25, 0.3) is 0 Å². The lowest BCUT2D eigenvalue weighted by Gasteiger charge is -1.98. The van der Waals surface area contributed by atoms with Crippen molar-refractivity contribution in [1.29, 1.82) is 0 Å². The van der Waals surface area contributed by atoms with E-state index in [0.29, 0.717) is 5.88 Å². The first-order valence-corrected chi connectivity index (χ1v) is 4.93. The molecule has 0 atom stereocenters. The van der Waals surface area contributed by atoms with Crippen molar-refractivity contribution < 1.29 is 9.84 Å². The molecule has 2 heterocycles. The van der Waals surface area contributed by atoms with Crippen molar-refractivity contribution in [2.75, 3.05) is 7.11 Å². The number of hydrogen-bond acceptors (Lipinski definition) is 3. The molecule has 2 aromatic heterocycles. The lowest BCUT2D eigenvalue weighted by molar-refractivity contribution is 0.402. The fourth-order valence-electron chi connectivity index (χ4n) is 1.95. The van der Waals surface area contributed by atoms with Crippen LogP contribution in [0.15, 0.2) is 30.5 Å². The third-order valence-electron chi connectivity index (χ3n) is 2.66. The second-order valence-corrected chi connectivity index (χ2v) is 3.60. The molecule has 0 aliphatic heterocycles. The maximum atomic E-state index is 9.42. The number of aromatic hydroxyl groups is 1. The van der Waals surface area contributed by atoms with E-state index in [2.05, 4.69) is 9.97 Å². The summed E-state index contributed by atoms with van der Waals surface area (Å²) >= 11 is 0. The largest absolute Gasteiger partial charge is 0.508 e. The summed E-state index contributed by atoms with van der Waals surface area (Å²) in [6, 6.07) is 7.16. The predicted molar refractivity (Wildman–Crippen MR) is 61.8 cm³/mol. The van der Waals surface area contributed by atoms with Crippen LogP contribution >= 0.6 is 0 Å². The van der Waals surface area contributed by atoms with E-state index in [9.17, 15) is 5.11 Å². The van der Waals surface area contributed by atoms with Gasteiger partial charge in [-0.1, -0.05) is 0 Å². The van der Waals surface area contributed by atoms with Crippen LogP contribution in [0.2, 0.25) is 0 Å². The highest BCUT2D eigenvalue weighted by atomic mass is 16.5. The van der Waals surface area contributed by atoms with Gasteiger partial charge in [0.2, 0.25) is 5.88 Å². The zero-order valence-electron chi connectivity index (χ0n) is 8.69. The van der Waals surface area contributed by atoms with Crippen molar-refractivity contribution in [1.82, 2.24) is 9.97 Å². The maximum absolute atomic E-state index is 9.42. The second kappa shape index (κ2) is 3.13. The lowest BCUT2D eigenvalue weighted by atomic mass is 10.2. The molecule has 0 saturated carbocycles. The molecule has 0 fully saturated rings. The molecule has 0 saturated heterocycles. The molecular formula is C12H10N2O2. The van der Waals surface area contributed by atoms with Crippen LogP contribution < -0.4 is 4.74 Å². The molecule has 0 amide bonds. The van der Waals surface area contributed by atoms with E-state index in [1.807, 2.05) is 12.1 Å². The predicted octanol–water partition coefficient (Wildman–Crippen LogP) is 2.43. The van der Waals surface area contributed by atoms with Crippen molar-refractivity contribution in [3.63, 3.8) is 0 Å². The van der Waals surface area contributed by atoms with Crippen molar-refractivity contribution in [2.24, 2.45) is 0 Å². The molecule has 2 N–H and O–H groups in total. The first-order valence-electron chi connectivity index (χ1n) is 4.93. The summed E-state index contributed by atoms with van der Waals surface area (Å²) in [5.74, 6) is 0.805. The summed E-state index contributed by atoms with van der Waals surface area (Å²) in [6.07, 6.45) is 1.71. The highest BCUT2D eigenvalue weighted by molar-refractivity contribution is 6.08. The summed E-state index contributed by atoms with van der Waals surface area (Å²) in [5.41, 5.74) is 1.73. The molecule has 4 heteroatoms. The van der Waals surface area contributed by atoms with Gasteiger partial charge in [0, 0.05) is 23.0 Å². The van der Waals surface area contributed by atoms with E-state index >= 15 is 0 Å². The van der Waals surface area contributed by atoms with Gasteiger partial charge in [-0.05, 0) is 18.2 Å². The first kappa shape index (κ1) is 9.03. The molecule has 0 aliphatic carbocycles. The number of nitrogens with zero attached hydrogens (tertiary/aromatic N) is 1. The van der Waals surface area contributed by atoms with Gasteiger partial charge in [-0.25, -0.2) is 4.98 Å². The van der Waals surface area contributed by atoms with Gasteiger partial charge in [0.05, 0.1) is 12.6 Å². The molecular weight excluding hydrogens is 204 g/mol. The second-order valence-electron chi connectivity index (χ2n) is 3.60. The van der Waals surface area contributed by atoms with Gasteiger partial charge in [0.1, 0.15) is 11.3 Å². The fourth-order valence-corrected chi connectivity index (χ4v) is 1.95. The Labute approximate surface area is 91.5 Å². The zero-order chi connectivity index (χ0) is 11.1. The highest BCUT2D eigenvalue weighted by Crippen LogP contribution is 2.31. The monoisotopic (exact) mass is 214 g/mol. The lowest BCUT2D eigenvalue weighted by Crippen LogP contribution is -1.87. The maximum Gasteiger partial charge on any atom is 0.238 e. The van der Waals surface area contributed by atoms with Gasteiger partial charge in [-0.2, -0.15) is 0 Å². The minimum absolute atomic E-state index is 0.242. The standard InChI is InChI=1S/C12H10N2O2/c1-16-12-11-9(4-5-13-12)8-3-2-7(15)6-10(8)14-11/h2-6,14-15H,1H3. The van der Waals surface area contributed by atoms with E-state index < -0.39 is 0 Å². The summed E-state index contributed by atoms with van der Waals surface area (Å²) in [7, 11) is 1.59. The Bertz CT molecular complexity index is 673. The van der Waals surface area contributed by atoms with Crippen LogP contribution in [0.3, 0.4) is 0 Å². The van der Waals surface area contributed by atoms with Gasteiger partial charge < -0.3 is 14.8 Å². The van der Waals surface area contributed by atoms with Gasteiger partial charge in [-0.15, -0.1) is 0 Å². The third-order valence-corrected chi connectivity index (χ3v) is 2.66. The average Bonchev–Trinajstić information content (AvgIpc) is 2.65. The zero-order valence-corrected chi connectivity index (χ0v) is 8.69. The Morgan fingerprint density at radius 1 is 1.25 bits per heavy atom. The molecule has 3 aromatic rings. The first-order chi connectivity index (χ1) is 7.79. The van der Waals surface area contributed by atoms with Crippen molar-refractivity contribution in [3.05, 3.63) is 30.5 Å². The van der Waals surface area contributed by atoms with Crippen molar-refractivity contribution in [2.45, 2.75) is 0 Å². The number of nitrogens with one attached hydrogen (secondary N) is 1. The Kier molecular flexibility index (Phi) is 1.77. The number of rotatable bonds is 1. The van der Waals surface area contributed by atoms with Crippen molar-refractivity contribution in [3.8, 4) is 11.6 Å². The number of methoxy groups -OCH3 is 1. The van der Waals surface area contributed by atoms with E-state index in [-0.39, 0.29) is 5.75 Å². The van der Waals surface area contributed by atoms with Crippen LogP contribution in [0.25, 0.3) is 21.8 Å². The molecule has 16 heavy (non-hydrogen) atoms. The van der Waals surface area contributed by atoms with Crippen LogP contribution in [0.5, 0.6) is 11.6 Å². The summed E-state index contributed by atoms with van der Waals surface area (Å²) in [6.45, 7) is 0. The minimum atomic E-state index is 0.242. The van der Waals surface area contributed by atoms with E-state index in [0.717, 1.165) is 21.8 Å². The van der Waals surface area contributed by atoms with E-state index in [1.54, 1.807) is 25.4 Å². The summed E-state index contributed by atoms with van der Waals surface area (Å²) < 4.78 is 5.18. The Morgan fingerprint density at radius 3 is 2.94 bits per heavy atom. The topological polar surface area (TPSA) is 58.1 Å². The van der Waals surface area contributed by atoms with Crippen LogP contribution in [-0.4, -0.2) is 22.2 Å². The smallest absolute Gasteiger partial charge is 0.238 e. The molecule has 4 nitrogen and oxygen atoms in total. The highest BCUT2D eigenvalue weighted by Gasteiger charge is 2.09. The van der Waals surface area contributed by atoms with Gasteiger partial charge >= 0.3 is 0 Å². The number of aromatic amines is 1. The Morgan fingerprint density at radius 2 is 2.12 bits per heavy atom. The van der Waals surface area contributed by atoms with Gasteiger partial charge in [0.15, 0.2) is 0 Å². The number of H-pyrrole nitrogens is 1. The molecule has 3 rings (SSSR count). The molecule has 0 radical (unpaired) electrons. The fraction of sp³-hybridized carbons (Fsp3) is 0.0833. The molecule has 1 aromatic carbocycles. The van der Waals surface area contributed by atoms with Gasteiger partial charge in [-0.3, -0.25) is 0 Å². The molecule has 80 valence electrons. The van der Waals surface area contributed by atoms with Crippen LogP contribution in [0, 0.1) is 0 Å².